The SMILES string of the molecule is COC(OC)[C@@H]1CCC[C@@H]1CN. The highest BCUT2D eigenvalue weighted by atomic mass is 16.7. The summed E-state index contributed by atoms with van der Waals surface area (Å²) in [7, 11) is 3.39. The van der Waals surface area contributed by atoms with Gasteiger partial charge in [0, 0.05) is 20.1 Å². The Labute approximate surface area is 74.2 Å². The van der Waals surface area contributed by atoms with Gasteiger partial charge in [-0.25, -0.2) is 0 Å². The summed E-state index contributed by atoms with van der Waals surface area (Å²) in [6, 6.07) is 0. The van der Waals surface area contributed by atoms with Crippen LogP contribution < -0.4 is 5.73 Å². The molecule has 1 aliphatic rings. The maximum Gasteiger partial charge on any atom is 0.159 e. The molecular weight excluding hydrogens is 154 g/mol. The summed E-state index contributed by atoms with van der Waals surface area (Å²) >= 11 is 0. The molecule has 1 saturated carbocycles. The molecule has 1 rings (SSSR count). The molecule has 3 heteroatoms. The molecule has 0 aliphatic heterocycles. The van der Waals surface area contributed by atoms with Crippen molar-refractivity contribution in [3.63, 3.8) is 0 Å². The molecule has 1 aliphatic carbocycles. The van der Waals surface area contributed by atoms with Gasteiger partial charge < -0.3 is 15.2 Å². The van der Waals surface area contributed by atoms with Gasteiger partial charge in [0.2, 0.25) is 0 Å². The van der Waals surface area contributed by atoms with Crippen LogP contribution in [0.15, 0.2) is 0 Å². The first kappa shape index (κ1) is 9.96. The van der Waals surface area contributed by atoms with E-state index in [1.807, 2.05) is 0 Å². The number of methoxy groups -OCH3 is 2. The lowest BCUT2D eigenvalue weighted by atomic mass is 9.95. The average molecular weight is 173 g/mol. The lowest BCUT2D eigenvalue weighted by molar-refractivity contribution is -0.144. The zero-order valence-electron chi connectivity index (χ0n) is 7.95. The van der Waals surface area contributed by atoms with Crippen molar-refractivity contribution in [2.24, 2.45) is 17.6 Å². The van der Waals surface area contributed by atoms with E-state index in [1.165, 1.54) is 19.3 Å². The Balaban J connectivity index is 2.47. The van der Waals surface area contributed by atoms with Gasteiger partial charge in [-0.05, 0) is 25.3 Å². The molecule has 0 aromatic rings. The minimum Gasteiger partial charge on any atom is -0.356 e. The van der Waals surface area contributed by atoms with Crippen LogP contribution in [0.1, 0.15) is 19.3 Å². The Hall–Kier alpha value is -0.120. The second-order valence-electron chi connectivity index (χ2n) is 3.43. The van der Waals surface area contributed by atoms with E-state index < -0.39 is 0 Å². The molecule has 0 spiro atoms. The molecule has 0 saturated heterocycles. The van der Waals surface area contributed by atoms with Gasteiger partial charge in [0.1, 0.15) is 0 Å². The van der Waals surface area contributed by atoms with Gasteiger partial charge in [0.15, 0.2) is 6.29 Å². The molecule has 0 amide bonds. The lowest BCUT2D eigenvalue weighted by Gasteiger charge is -2.25. The number of rotatable bonds is 4. The normalized spacial score (nSPS) is 30.0. The Bertz CT molecular complexity index is 126. The summed E-state index contributed by atoms with van der Waals surface area (Å²) in [5, 5.41) is 0. The lowest BCUT2D eigenvalue weighted by Crippen LogP contribution is -2.31. The molecule has 2 atom stereocenters. The fraction of sp³-hybridized carbons (Fsp3) is 1.00. The molecule has 72 valence electrons. The van der Waals surface area contributed by atoms with E-state index in [2.05, 4.69) is 0 Å². The molecule has 0 heterocycles. The summed E-state index contributed by atoms with van der Waals surface area (Å²) in [4.78, 5) is 0. The maximum atomic E-state index is 5.66. The van der Waals surface area contributed by atoms with Crippen molar-refractivity contribution in [2.75, 3.05) is 20.8 Å². The summed E-state index contributed by atoms with van der Waals surface area (Å²) < 4.78 is 10.5. The zero-order chi connectivity index (χ0) is 8.97. The van der Waals surface area contributed by atoms with Crippen LogP contribution in [0.2, 0.25) is 0 Å². The van der Waals surface area contributed by atoms with Gasteiger partial charge in [0.05, 0.1) is 0 Å². The van der Waals surface area contributed by atoms with Gasteiger partial charge in [-0.1, -0.05) is 6.42 Å². The van der Waals surface area contributed by atoms with Crippen LogP contribution in [0.25, 0.3) is 0 Å². The fourth-order valence-corrected chi connectivity index (χ4v) is 2.16. The van der Waals surface area contributed by atoms with E-state index in [9.17, 15) is 0 Å². The quantitative estimate of drug-likeness (QED) is 0.644. The standard InChI is InChI=1S/C9H19NO2/c1-11-9(12-2)8-5-3-4-7(8)6-10/h7-9H,3-6,10H2,1-2H3/t7-,8-/m1/s1. The molecule has 0 aromatic heterocycles. The Morgan fingerprint density at radius 2 is 2.00 bits per heavy atom. The van der Waals surface area contributed by atoms with Crippen LogP contribution in [0, 0.1) is 11.8 Å². The van der Waals surface area contributed by atoms with Gasteiger partial charge in [-0.2, -0.15) is 0 Å². The van der Waals surface area contributed by atoms with Crippen LogP contribution in [-0.2, 0) is 9.47 Å². The highest BCUT2D eigenvalue weighted by Crippen LogP contribution is 2.34. The molecular formula is C9H19NO2. The number of ether oxygens (including phenoxy) is 2. The van der Waals surface area contributed by atoms with E-state index in [0.717, 1.165) is 6.54 Å². The second-order valence-corrected chi connectivity index (χ2v) is 3.43. The molecule has 0 bridgehead atoms. The van der Waals surface area contributed by atoms with Crippen LogP contribution in [0.5, 0.6) is 0 Å². The van der Waals surface area contributed by atoms with Crippen LogP contribution in [0.4, 0.5) is 0 Å². The Kier molecular flexibility index (Phi) is 3.98. The van der Waals surface area contributed by atoms with E-state index in [1.54, 1.807) is 14.2 Å². The third-order valence-electron chi connectivity index (χ3n) is 2.83. The van der Waals surface area contributed by atoms with Crippen molar-refractivity contribution < 1.29 is 9.47 Å². The fourth-order valence-electron chi connectivity index (χ4n) is 2.16. The first-order chi connectivity index (χ1) is 5.83. The van der Waals surface area contributed by atoms with E-state index in [4.69, 9.17) is 15.2 Å². The largest absolute Gasteiger partial charge is 0.356 e. The molecule has 0 unspecified atom stereocenters. The van der Waals surface area contributed by atoms with E-state index >= 15 is 0 Å². The van der Waals surface area contributed by atoms with Gasteiger partial charge in [0.25, 0.3) is 0 Å². The number of hydrogen-bond donors (Lipinski definition) is 1. The molecule has 2 N–H and O–H groups in total. The molecule has 3 nitrogen and oxygen atoms in total. The van der Waals surface area contributed by atoms with Crippen molar-refractivity contribution in [2.45, 2.75) is 25.6 Å². The zero-order valence-corrected chi connectivity index (χ0v) is 7.95. The average Bonchev–Trinajstić information content (AvgIpc) is 2.55. The number of nitrogens with two attached hydrogens (primary N) is 1. The van der Waals surface area contributed by atoms with Crippen LogP contribution in [-0.4, -0.2) is 27.1 Å². The summed E-state index contributed by atoms with van der Waals surface area (Å²) in [6.07, 6.45) is 3.62. The third kappa shape index (κ3) is 1.97. The van der Waals surface area contributed by atoms with Crippen molar-refractivity contribution >= 4 is 0 Å². The highest BCUT2D eigenvalue weighted by Gasteiger charge is 2.32. The van der Waals surface area contributed by atoms with Crippen molar-refractivity contribution in [1.29, 1.82) is 0 Å². The highest BCUT2D eigenvalue weighted by molar-refractivity contribution is 4.80. The first-order valence-corrected chi connectivity index (χ1v) is 4.59. The van der Waals surface area contributed by atoms with Crippen LogP contribution in [0.3, 0.4) is 0 Å². The number of hydrogen-bond acceptors (Lipinski definition) is 3. The monoisotopic (exact) mass is 173 g/mol. The molecule has 0 aromatic carbocycles. The predicted molar refractivity (Wildman–Crippen MR) is 47.7 cm³/mol. The Morgan fingerprint density at radius 1 is 1.33 bits per heavy atom. The summed E-state index contributed by atoms with van der Waals surface area (Å²) in [5.41, 5.74) is 5.66. The smallest absolute Gasteiger partial charge is 0.159 e. The summed E-state index contributed by atoms with van der Waals surface area (Å²) in [5.74, 6) is 1.10. The van der Waals surface area contributed by atoms with Crippen molar-refractivity contribution in [3.8, 4) is 0 Å². The van der Waals surface area contributed by atoms with E-state index in [-0.39, 0.29) is 6.29 Å². The van der Waals surface area contributed by atoms with Gasteiger partial charge >= 0.3 is 0 Å². The van der Waals surface area contributed by atoms with Crippen molar-refractivity contribution in [1.82, 2.24) is 0 Å². The minimum absolute atomic E-state index is 0.0546. The topological polar surface area (TPSA) is 44.5 Å². The first-order valence-electron chi connectivity index (χ1n) is 4.59. The van der Waals surface area contributed by atoms with Crippen molar-refractivity contribution in [3.05, 3.63) is 0 Å². The maximum absolute atomic E-state index is 5.66. The molecule has 0 radical (unpaired) electrons. The molecule has 1 fully saturated rings. The van der Waals surface area contributed by atoms with Gasteiger partial charge in [-0.3, -0.25) is 0 Å². The van der Waals surface area contributed by atoms with E-state index in [0.29, 0.717) is 11.8 Å². The Morgan fingerprint density at radius 3 is 2.50 bits per heavy atom. The second kappa shape index (κ2) is 4.80. The molecule has 12 heavy (non-hydrogen) atoms. The minimum atomic E-state index is -0.0546. The predicted octanol–water partition coefficient (Wildman–Crippen LogP) is 0.980. The summed E-state index contributed by atoms with van der Waals surface area (Å²) in [6.45, 7) is 0.758. The third-order valence-corrected chi connectivity index (χ3v) is 2.83. The van der Waals surface area contributed by atoms with Gasteiger partial charge in [-0.15, -0.1) is 0 Å². The van der Waals surface area contributed by atoms with Crippen LogP contribution >= 0.6 is 0 Å².